The summed E-state index contributed by atoms with van der Waals surface area (Å²) in [7, 11) is -3.53. The molecule has 2 aromatic heterocycles. The number of hydrogen-bond acceptors (Lipinski definition) is 6. The lowest BCUT2D eigenvalue weighted by Crippen LogP contribution is -2.48. The zero-order valence-corrected chi connectivity index (χ0v) is 18.0. The van der Waals surface area contributed by atoms with Crippen molar-refractivity contribution in [2.45, 2.75) is 44.3 Å². The minimum atomic E-state index is -4.53. The van der Waals surface area contributed by atoms with Gasteiger partial charge in [0.1, 0.15) is 21.3 Å². The van der Waals surface area contributed by atoms with Crippen LogP contribution in [0, 0.1) is 6.92 Å². The van der Waals surface area contributed by atoms with E-state index in [1.165, 1.54) is 13.1 Å². The second kappa shape index (κ2) is 8.13. The number of nitrogens with zero attached hydrogens (tertiary/aromatic N) is 2. The first-order valence-electron chi connectivity index (χ1n) is 9.48. The average molecular weight is 460 g/mol. The minimum Gasteiger partial charge on any atom is -0.484 e. The molecule has 31 heavy (non-hydrogen) atoms. The maximum atomic E-state index is 12.9. The molecule has 1 aliphatic rings. The van der Waals surface area contributed by atoms with E-state index in [9.17, 15) is 26.4 Å². The van der Waals surface area contributed by atoms with Gasteiger partial charge in [-0.25, -0.2) is 8.42 Å². The van der Waals surface area contributed by atoms with Gasteiger partial charge in [-0.2, -0.15) is 18.3 Å². The van der Waals surface area contributed by atoms with Crippen LogP contribution in [0.5, 0.6) is 5.75 Å². The third-order valence-corrected chi connectivity index (χ3v) is 5.85. The smallest absolute Gasteiger partial charge is 0.422 e. The number of carbonyl (C=O) groups excluding carboxylic acids is 1. The lowest BCUT2D eigenvalue weighted by molar-refractivity contribution is -0.153. The van der Waals surface area contributed by atoms with E-state index in [4.69, 9.17) is 4.74 Å². The molecular weight excluding hydrogens is 437 g/mol. The van der Waals surface area contributed by atoms with Gasteiger partial charge in [0.05, 0.1) is 17.0 Å². The molecule has 1 amide bonds. The molecule has 12 heteroatoms. The van der Waals surface area contributed by atoms with Crippen LogP contribution in [0.2, 0.25) is 0 Å². The molecule has 2 N–H and O–H groups in total. The molecule has 1 aliphatic carbocycles. The lowest BCUT2D eigenvalue weighted by Gasteiger charge is -2.28. The number of H-pyrrole nitrogens is 1. The molecule has 8 nitrogen and oxygen atoms in total. The first-order valence-corrected chi connectivity index (χ1v) is 11.5. The van der Waals surface area contributed by atoms with Crippen molar-refractivity contribution in [1.29, 1.82) is 0 Å². The second-order valence-corrected chi connectivity index (χ2v) is 10.2. The highest BCUT2D eigenvalue weighted by Crippen LogP contribution is 2.44. The molecule has 1 fully saturated rings. The molecule has 0 aliphatic heterocycles. The number of hydrogen-bond donors (Lipinski definition) is 2. The summed E-state index contributed by atoms with van der Waals surface area (Å²) in [5, 5.41) is 9.38. The highest BCUT2D eigenvalue weighted by Gasteiger charge is 2.36. The van der Waals surface area contributed by atoms with Crippen molar-refractivity contribution in [2.24, 2.45) is 0 Å². The van der Waals surface area contributed by atoms with Crippen LogP contribution in [0.4, 0.5) is 13.2 Å². The van der Waals surface area contributed by atoms with E-state index >= 15 is 0 Å². The maximum Gasteiger partial charge on any atom is 0.422 e. The number of sulfone groups is 1. The Hall–Kier alpha value is -2.63. The van der Waals surface area contributed by atoms with Gasteiger partial charge in [0.25, 0.3) is 5.91 Å². The van der Waals surface area contributed by atoms with E-state index in [2.05, 4.69) is 20.5 Å². The fourth-order valence-electron chi connectivity index (χ4n) is 3.27. The Bertz CT molecular complexity index is 1080. The molecule has 0 aromatic carbocycles. The van der Waals surface area contributed by atoms with Crippen molar-refractivity contribution in [3.8, 4) is 5.75 Å². The lowest BCUT2D eigenvalue weighted by atomic mass is 9.99. The second-order valence-electron chi connectivity index (χ2n) is 8.08. The van der Waals surface area contributed by atoms with Crippen molar-refractivity contribution >= 4 is 15.7 Å². The number of carbonyl (C=O) groups is 1. The summed E-state index contributed by atoms with van der Waals surface area (Å²) < 4.78 is 66.8. The summed E-state index contributed by atoms with van der Waals surface area (Å²) in [4.78, 5) is 17.0. The van der Waals surface area contributed by atoms with Crippen molar-refractivity contribution in [1.82, 2.24) is 20.5 Å². The minimum absolute atomic E-state index is 0.0513. The van der Waals surface area contributed by atoms with Gasteiger partial charge in [-0.1, -0.05) is 0 Å². The van der Waals surface area contributed by atoms with Crippen LogP contribution in [0.3, 0.4) is 0 Å². The highest BCUT2D eigenvalue weighted by molar-refractivity contribution is 7.90. The fraction of sp³-hybridized carbons (Fsp3) is 0.526. The molecule has 0 spiro atoms. The fourth-order valence-corrected chi connectivity index (χ4v) is 4.54. The summed E-state index contributed by atoms with van der Waals surface area (Å²) in [6.45, 7) is 1.74. The van der Waals surface area contributed by atoms with Crippen molar-refractivity contribution in [3.05, 3.63) is 41.0 Å². The SMILES string of the molecule is Cc1cc(C(C)(CS(C)(=O)=O)NC(=O)c2cc(OCC(F)(F)F)c(C3CC3)cn2)n[nH]1. The number of ether oxygens (including phenoxy) is 1. The number of amides is 1. The number of pyridine rings is 1. The Morgan fingerprint density at radius 2 is 2.00 bits per heavy atom. The number of aromatic amines is 1. The Morgan fingerprint density at radius 3 is 2.52 bits per heavy atom. The van der Waals surface area contributed by atoms with Gasteiger partial charge in [0, 0.05) is 29.8 Å². The predicted octanol–water partition coefficient (Wildman–Crippen LogP) is 2.62. The van der Waals surface area contributed by atoms with Crippen LogP contribution in [-0.4, -0.2) is 54.3 Å². The van der Waals surface area contributed by atoms with Crippen LogP contribution in [0.25, 0.3) is 0 Å². The Kier molecular flexibility index (Phi) is 6.05. The van der Waals surface area contributed by atoms with Gasteiger partial charge in [0.15, 0.2) is 6.61 Å². The Labute approximate surface area is 177 Å². The molecule has 2 aromatic rings. The molecular formula is C19H23F3N4O4S. The summed E-state index contributed by atoms with van der Waals surface area (Å²) in [5.74, 6) is -1.20. The molecule has 1 saturated carbocycles. The Morgan fingerprint density at radius 1 is 1.32 bits per heavy atom. The summed E-state index contributed by atoms with van der Waals surface area (Å²) >= 11 is 0. The van der Waals surface area contributed by atoms with Crippen molar-refractivity contribution in [3.63, 3.8) is 0 Å². The van der Waals surface area contributed by atoms with E-state index in [0.717, 1.165) is 25.2 Å². The first-order chi connectivity index (χ1) is 14.3. The third-order valence-electron chi connectivity index (χ3n) is 4.75. The number of rotatable bonds is 8. The van der Waals surface area contributed by atoms with E-state index in [-0.39, 0.29) is 17.4 Å². The summed E-state index contributed by atoms with van der Waals surface area (Å²) in [6, 6.07) is 2.76. The van der Waals surface area contributed by atoms with Crippen LogP contribution in [0.1, 0.15) is 53.1 Å². The normalized spacial score (nSPS) is 16.6. The number of alkyl halides is 3. The van der Waals surface area contributed by atoms with Gasteiger partial charge in [-0.05, 0) is 38.7 Å². The van der Waals surface area contributed by atoms with Crippen LogP contribution >= 0.6 is 0 Å². The van der Waals surface area contributed by atoms with E-state index in [1.807, 2.05) is 0 Å². The zero-order chi connectivity index (χ0) is 23.0. The van der Waals surface area contributed by atoms with Gasteiger partial charge < -0.3 is 10.1 Å². The first kappa shape index (κ1) is 23.0. The van der Waals surface area contributed by atoms with Gasteiger partial charge >= 0.3 is 6.18 Å². The van der Waals surface area contributed by atoms with Crippen molar-refractivity contribution < 1.29 is 31.1 Å². The Balaban J connectivity index is 1.89. The molecule has 1 unspecified atom stereocenters. The molecule has 0 radical (unpaired) electrons. The van der Waals surface area contributed by atoms with Gasteiger partial charge in [-0.15, -0.1) is 0 Å². The van der Waals surface area contributed by atoms with Crippen LogP contribution < -0.4 is 10.1 Å². The van der Waals surface area contributed by atoms with Crippen molar-refractivity contribution in [2.75, 3.05) is 18.6 Å². The number of nitrogens with one attached hydrogen (secondary N) is 2. The average Bonchev–Trinajstić information content (AvgIpc) is 3.37. The van der Waals surface area contributed by atoms with E-state index in [1.54, 1.807) is 13.0 Å². The van der Waals surface area contributed by atoms with Gasteiger partial charge in [0.2, 0.25) is 0 Å². The third kappa shape index (κ3) is 6.18. The predicted molar refractivity (Wildman–Crippen MR) is 106 cm³/mol. The van der Waals surface area contributed by atoms with Gasteiger partial charge in [-0.3, -0.25) is 14.9 Å². The largest absolute Gasteiger partial charge is 0.484 e. The molecule has 2 heterocycles. The quantitative estimate of drug-likeness (QED) is 0.626. The molecule has 1 atom stereocenters. The maximum absolute atomic E-state index is 12.9. The van der Waals surface area contributed by atoms with E-state index in [0.29, 0.717) is 17.0 Å². The molecule has 0 saturated heterocycles. The van der Waals surface area contributed by atoms with E-state index < -0.39 is 39.8 Å². The van der Waals surface area contributed by atoms with Crippen LogP contribution in [-0.2, 0) is 15.4 Å². The number of aryl methyl sites for hydroxylation is 1. The summed E-state index contributed by atoms with van der Waals surface area (Å²) in [5.41, 5.74) is -0.0963. The molecule has 0 bridgehead atoms. The monoisotopic (exact) mass is 460 g/mol. The number of halogens is 3. The molecule has 170 valence electrons. The zero-order valence-electron chi connectivity index (χ0n) is 17.2. The van der Waals surface area contributed by atoms with Crippen LogP contribution in [0.15, 0.2) is 18.3 Å². The topological polar surface area (TPSA) is 114 Å². The standard InChI is InChI=1S/C19H23F3N4O4S/c1-11-6-16(26-25-11)18(2,10-31(3,28)29)24-17(27)14-7-15(30-9-19(20,21)22)13(8-23-14)12-4-5-12/h6-8,12H,4-5,9-10H2,1-3H3,(H,24,27)(H,25,26). The molecule has 3 rings (SSSR count). The number of aromatic nitrogens is 3. The summed E-state index contributed by atoms with van der Waals surface area (Å²) in [6.07, 6.45) is -0.549. The highest BCUT2D eigenvalue weighted by atomic mass is 32.2.